The van der Waals surface area contributed by atoms with Crippen LogP contribution in [0.25, 0.3) is 22.6 Å². The van der Waals surface area contributed by atoms with E-state index in [-0.39, 0.29) is 5.91 Å². The molecule has 4 aromatic rings. The number of hydrogen-bond acceptors (Lipinski definition) is 4. The first kappa shape index (κ1) is 26.4. The third-order valence-electron chi connectivity index (χ3n) is 6.24. The Labute approximate surface area is 223 Å². The molecule has 0 unspecified atom stereocenters. The number of halogens is 1. The van der Waals surface area contributed by atoms with Gasteiger partial charge in [0.15, 0.2) is 0 Å². The van der Waals surface area contributed by atoms with Gasteiger partial charge in [0, 0.05) is 29.1 Å². The number of hydrogen-bond donors (Lipinski definition) is 1. The fourth-order valence-corrected chi connectivity index (χ4v) is 4.17. The Hall–Kier alpha value is -3.67. The number of para-hydroxylation sites is 1. The summed E-state index contributed by atoms with van der Waals surface area (Å²) < 4.78 is 5.98. The van der Waals surface area contributed by atoms with Crippen LogP contribution in [0, 0.1) is 0 Å². The molecule has 1 N–H and O–H groups in total. The van der Waals surface area contributed by atoms with Gasteiger partial charge in [-0.2, -0.15) is 0 Å². The Morgan fingerprint density at radius 2 is 1.68 bits per heavy atom. The van der Waals surface area contributed by atoms with E-state index in [4.69, 9.17) is 16.3 Å². The van der Waals surface area contributed by atoms with E-state index >= 15 is 0 Å². The molecule has 3 aromatic carbocycles. The average Bonchev–Trinajstić information content (AvgIpc) is 2.94. The molecule has 0 fully saturated rings. The summed E-state index contributed by atoms with van der Waals surface area (Å²) in [6.45, 7) is 7.91. The van der Waals surface area contributed by atoms with Crippen LogP contribution in [-0.2, 0) is 11.4 Å². The highest BCUT2D eigenvalue weighted by Gasteiger charge is 2.13. The number of ether oxygens (including phenoxy) is 1. The Bertz CT molecular complexity index is 1350. The zero-order chi connectivity index (χ0) is 26.0. The molecule has 0 bridgehead atoms. The molecule has 0 atom stereocenters. The van der Waals surface area contributed by atoms with Crippen molar-refractivity contribution in [2.45, 2.75) is 20.5 Å². The maximum atomic E-state index is 13.2. The Morgan fingerprint density at radius 1 is 0.946 bits per heavy atom. The lowest BCUT2D eigenvalue weighted by atomic mass is 10.0. The van der Waals surface area contributed by atoms with Gasteiger partial charge in [-0.1, -0.05) is 74.0 Å². The van der Waals surface area contributed by atoms with Gasteiger partial charge < -0.3 is 15.0 Å². The quantitative estimate of drug-likeness (QED) is 0.184. The first-order valence-corrected chi connectivity index (χ1v) is 13.0. The lowest BCUT2D eigenvalue weighted by Crippen LogP contribution is -2.35. The second-order valence-corrected chi connectivity index (χ2v) is 9.14. The van der Waals surface area contributed by atoms with Crippen molar-refractivity contribution >= 4 is 40.1 Å². The largest absolute Gasteiger partial charge is 0.487 e. The molecule has 190 valence electrons. The van der Waals surface area contributed by atoms with Crippen LogP contribution in [0.2, 0.25) is 5.02 Å². The number of pyridine rings is 1. The van der Waals surface area contributed by atoms with Crippen LogP contribution in [0.15, 0.2) is 84.9 Å². The summed E-state index contributed by atoms with van der Waals surface area (Å²) in [6.07, 6.45) is 1.89. The van der Waals surface area contributed by atoms with E-state index in [0.717, 1.165) is 47.4 Å². The lowest BCUT2D eigenvalue weighted by molar-refractivity contribution is -0.115. The molecule has 4 rings (SSSR count). The molecule has 0 aliphatic carbocycles. The van der Waals surface area contributed by atoms with Gasteiger partial charge in [0.2, 0.25) is 0 Å². The van der Waals surface area contributed by atoms with Crippen LogP contribution in [0.5, 0.6) is 5.75 Å². The predicted octanol–water partition coefficient (Wildman–Crippen LogP) is 6.47. The highest BCUT2D eigenvalue weighted by molar-refractivity contribution is 6.30. The van der Waals surface area contributed by atoms with Gasteiger partial charge in [-0.05, 0) is 66.7 Å². The lowest BCUT2D eigenvalue weighted by Gasteiger charge is -2.18. The first-order chi connectivity index (χ1) is 18.1. The number of carbonyl (C=O) groups excluding carboxylic acids is 1. The second-order valence-electron chi connectivity index (χ2n) is 8.70. The number of nitrogens with zero attached hydrogens (tertiary/aromatic N) is 2. The Morgan fingerprint density at radius 3 is 2.41 bits per heavy atom. The monoisotopic (exact) mass is 513 g/mol. The van der Waals surface area contributed by atoms with Crippen molar-refractivity contribution in [2.24, 2.45) is 0 Å². The summed E-state index contributed by atoms with van der Waals surface area (Å²) in [6, 6.07) is 27.1. The minimum absolute atomic E-state index is 0.115. The molecule has 6 heteroatoms. The van der Waals surface area contributed by atoms with E-state index < -0.39 is 0 Å². The highest BCUT2D eigenvalue weighted by Crippen LogP contribution is 2.23. The molecule has 0 spiro atoms. The third-order valence-corrected chi connectivity index (χ3v) is 6.49. The molecule has 0 saturated carbocycles. The first-order valence-electron chi connectivity index (χ1n) is 12.6. The van der Waals surface area contributed by atoms with Crippen molar-refractivity contribution in [3.8, 4) is 5.75 Å². The van der Waals surface area contributed by atoms with Crippen LogP contribution in [0.1, 0.15) is 30.7 Å². The minimum Gasteiger partial charge on any atom is -0.487 e. The van der Waals surface area contributed by atoms with Crippen LogP contribution in [0.3, 0.4) is 0 Å². The number of fused-ring (bicyclic) bond motifs is 1. The van der Waals surface area contributed by atoms with E-state index in [1.54, 1.807) is 0 Å². The van der Waals surface area contributed by atoms with Crippen molar-refractivity contribution < 1.29 is 9.53 Å². The summed E-state index contributed by atoms with van der Waals surface area (Å²) in [5, 5.41) is 4.83. The fraction of sp³-hybridized carbons (Fsp3) is 0.226. The Kier molecular flexibility index (Phi) is 9.30. The molecule has 37 heavy (non-hydrogen) atoms. The smallest absolute Gasteiger partial charge is 0.251 e. The molecule has 1 aromatic heterocycles. The van der Waals surface area contributed by atoms with Crippen molar-refractivity contribution in [1.82, 2.24) is 15.2 Å². The molecular weight excluding hydrogens is 482 g/mol. The summed E-state index contributed by atoms with van der Waals surface area (Å²) in [4.78, 5) is 20.2. The highest BCUT2D eigenvalue weighted by atomic mass is 35.5. The van der Waals surface area contributed by atoms with E-state index in [9.17, 15) is 4.79 Å². The van der Waals surface area contributed by atoms with Crippen molar-refractivity contribution in [3.63, 3.8) is 0 Å². The number of amides is 1. The number of aromatic nitrogens is 1. The SMILES string of the molecule is CCN(CC)CCNC(=O)/C(=C/c1ccc(Cl)cc1)c1ccc(OCc2ccc3ccccc3n2)cc1. The van der Waals surface area contributed by atoms with Gasteiger partial charge in [-0.3, -0.25) is 4.79 Å². The van der Waals surface area contributed by atoms with Gasteiger partial charge in [0.05, 0.1) is 11.2 Å². The maximum Gasteiger partial charge on any atom is 0.251 e. The number of nitrogens with one attached hydrogen (secondary N) is 1. The number of carbonyl (C=O) groups is 1. The predicted molar refractivity (Wildman–Crippen MR) is 153 cm³/mol. The van der Waals surface area contributed by atoms with Gasteiger partial charge in [-0.15, -0.1) is 0 Å². The van der Waals surface area contributed by atoms with E-state index in [0.29, 0.717) is 29.5 Å². The molecule has 1 amide bonds. The third kappa shape index (κ3) is 7.42. The van der Waals surface area contributed by atoms with Crippen molar-refractivity contribution in [3.05, 3.63) is 107 Å². The van der Waals surface area contributed by atoms with Crippen LogP contribution < -0.4 is 10.1 Å². The van der Waals surface area contributed by atoms with Gasteiger partial charge in [0.25, 0.3) is 5.91 Å². The van der Waals surface area contributed by atoms with Gasteiger partial charge in [-0.25, -0.2) is 4.98 Å². The molecule has 0 aliphatic rings. The van der Waals surface area contributed by atoms with Crippen LogP contribution in [-0.4, -0.2) is 42.0 Å². The summed E-state index contributed by atoms with van der Waals surface area (Å²) >= 11 is 6.05. The average molecular weight is 514 g/mol. The van der Waals surface area contributed by atoms with Gasteiger partial charge >= 0.3 is 0 Å². The van der Waals surface area contributed by atoms with E-state index in [2.05, 4.69) is 35.1 Å². The van der Waals surface area contributed by atoms with Crippen molar-refractivity contribution in [2.75, 3.05) is 26.2 Å². The van der Waals surface area contributed by atoms with Crippen molar-refractivity contribution in [1.29, 1.82) is 0 Å². The molecular formula is C31H32ClN3O2. The number of benzene rings is 3. The molecule has 0 saturated heterocycles. The maximum absolute atomic E-state index is 13.2. The van der Waals surface area contributed by atoms with Gasteiger partial charge in [0.1, 0.15) is 12.4 Å². The summed E-state index contributed by atoms with van der Waals surface area (Å²) in [5.74, 6) is 0.600. The van der Waals surface area contributed by atoms with E-state index in [1.165, 1.54) is 0 Å². The van der Waals surface area contributed by atoms with E-state index in [1.807, 2.05) is 84.9 Å². The topological polar surface area (TPSA) is 54.5 Å². The summed E-state index contributed by atoms with van der Waals surface area (Å²) in [5.41, 5.74) is 4.11. The summed E-state index contributed by atoms with van der Waals surface area (Å²) in [7, 11) is 0. The zero-order valence-corrected chi connectivity index (χ0v) is 22.0. The second kappa shape index (κ2) is 13.0. The zero-order valence-electron chi connectivity index (χ0n) is 21.3. The van der Waals surface area contributed by atoms with Crippen LogP contribution >= 0.6 is 11.6 Å². The standard InChI is InChI=1S/C31H32ClN3O2/c1-3-35(4-2)20-19-33-31(36)29(21-23-9-14-26(32)15-10-23)24-12-17-28(18-13-24)37-22-27-16-11-25-7-5-6-8-30(25)34-27/h5-18,21H,3-4,19-20,22H2,1-2H3,(H,33,36)/b29-21+. The minimum atomic E-state index is -0.115. The fourth-order valence-electron chi connectivity index (χ4n) is 4.04. The molecule has 0 radical (unpaired) electrons. The number of likely N-dealkylation sites (N-methyl/N-ethyl adjacent to an activating group) is 1. The number of rotatable bonds is 11. The normalized spacial score (nSPS) is 11.6. The molecule has 5 nitrogen and oxygen atoms in total. The van der Waals surface area contributed by atoms with Crippen LogP contribution in [0.4, 0.5) is 0 Å². The molecule has 1 heterocycles. The molecule has 0 aliphatic heterocycles. The Balaban J connectivity index is 1.48.